The van der Waals surface area contributed by atoms with Crippen molar-refractivity contribution in [1.82, 2.24) is 4.90 Å². The first-order chi connectivity index (χ1) is 12.6. The van der Waals surface area contributed by atoms with Crippen molar-refractivity contribution in [2.24, 2.45) is 11.8 Å². The molecule has 0 N–H and O–H groups in total. The monoisotopic (exact) mass is 371 g/mol. The topological polar surface area (TPSA) is 38.8 Å². The lowest BCUT2D eigenvalue weighted by Gasteiger charge is -2.33. The Morgan fingerprint density at radius 3 is 2.23 bits per heavy atom. The minimum absolute atomic E-state index is 0.150. The maximum absolute atomic E-state index is 13.2. The van der Waals surface area contributed by atoms with Crippen molar-refractivity contribution in [2.45, 2.75) is 82.9 Å². The summed E-state index contributed by atoms with van der Waals surface area (Å²) in [6, 6.07) is 0. The molecule has 26 heavy (non-hydrogen) atoms. The molecule has 0 aromatic heterocycles. The zero-order chi connectivity index (χ0) is 18.8. The summed E-state index contributed by atoms with van der Waals surface area (Å²) in [6.07, 6.45) is 11.3. The Balaban J connectivity index is 1.48. The van der Waals surface area contributed by atoms with Crippen molar-refractivity contribution in [2.75, 3.05) is 33.9 Å². The maximum atomic E-state index is 13.2. The van der Waals surface area contributed by atoms with E-state index in [1.165, 1.54) is 39.2 Å². The Morgan fingerprint density at radius 1 is 1.00 bits per heavy atom. The molecule has 0 spiro atoms. The van der Waals surface area contributed by atoms with Crippen LogP contribution in [0.1, 0.15) is 70.6 Å². The first-order valence-electron chi connectivity index (χ1n) is 10.6. The fourth-order valence-electron chi connectivity index (χ4n) is 4.44. The van der Waals surface area contributed by atoms with Gasteiger partial charge in [0.2, 0.25) is 0 Å². The van der Waals surface area contributed by atoms with Crippen molar-refractivity contribution in [3.05, 3.63) is 0 Å². The van der Waals surface area contributed by atoms with E-state index in [9.17, 15) is 9.18 Å². The lowest BCUT2D eigenvalue weighted by atomic mass is 9.77. The number of halogens is 1. The SMILES string of the molecule is COC(=O)CCN(C)CCCOC1CCC(CC2CCC(F)CC2)CC1. The van der Waals surface area contributed by atoms with Crippen LogP contribution in [0, 0.1) is 11.8 Å². The van der Waals surface area contributed by atoms with Crippen LogP contribution in [0.15, 0.2) is 0 Å². The second-order valence-corrected chi connectivity index (χ2v) is 8.35. The molecule has 0 aliphatic heterocycles. The number of alkyl halides is 1. The molecule has 2 aliphatic carbocycles. The van der Waals surface area contributed by atoms with Gasteiger partial charge in [0.15, 0.2) is 0 Å². The highest BCUT2D eigenvalue weighted by molar-refractivity contribution is 5.69. The van der Waals surface area contributed by atoms with Gasteiger partial charge in [-0.2, -0.15) is 0 Å². The summed E-state index contributed by atoms with van der Waals surface area (Å²) in [5.74, 6) is 1.45. The molecular weight excluding hydrogens is 333 g/mol. The summed E-state index contributed by atoms with van der Waals surface area (Å²) in [7, 11) is 3.46. The van der Waals surface area contributed by atoms with E-state index in [0.717, 1.165) is 63.6 Å². The Kier molecular flexibility index (Phi) is 9.91. The molecule has 5 heteroatoms. The zero-order valence-corrected chi connectivity index (χ0v) is 16.8. The summed E-state index contributed by atoms with van der Waals surface area (Å²) in [6.45, 7) is 2.49. The molecule has 0 unspecified atom stereocenters. The van der Waals surface area contributed by atoms with Crippen LogP contribution in [0.2, 0.25) is 0 Å². The molecule has 0 radical (unpaired) electrons. The lowest BCUT2D eigenvalue weighted by molar-refractivity contribution is -0.140. The molecule has 2 rings (SSSR count). The van der Waals surface area contributed by atoms with Gasteiger partial charge in [-0.3, -0.25) is 4.79 Å². The quantitative estimate of drug-likeness (QED) is 0.422. The highest BCUT2D eigenvalue weighted by Gasteiger charge is 2.27. The van der Waals surface area contributed by atoms with Crippen molar-refractivity contribution in [1.29, 1.82) is 0 Å². The van der Waals surface area contributed by atoms with Crippen molar-refractivity contribution in [3.8, 4) is 0 Å². The summed E-state index contributed by atoms with van der Waals surface area (Å²) >= 11 is 0. The maximum Gasteiger partial charge on any atom is 0.306 e. The minimum atomic E-state index is -0.533. The number of esters is 1. The predicted molar refractivity (Wildman–Crippen MR) is 102 cm³/mol. The normalized spacial score (nSPS) is 29.7. The highest BCUT2D eigenvalue weighted by atomic mass is 19.1. The summed E-state index contributed by atoms with van der Waals surface area (Å²) in [5, 5.41) is 0. The van der Waals surface area contributed by atoms with E-state index in [2.05, 4.69) is 9.64 Å². The van der Waals surface area contributed by atoms with Crippen LogP contribution in [0.5, 0.6) is 0 Å². The number of carbonyl (C=O) groups is 1. The van der Waals surface area contributed by atoms with E-state index in [0.29, 0.717) is 12.5 Å². The van der Waals surface area contributed by atoms with Crippen LogP contribution < -0.4 is 0 Å². The number of methoxy groups -OCH3 is 1. The summed E-state index contributed by atoms with van der Waals surface area (Å²) < 4.78 is 24.0. The molecule has 0 bridgehead atoms. The molecule has 0 aromatic carbocycles. The van der Waals surface area contributed by atoms with Gasteiger partial charge in [-0.1, -0.05) is 0 Å². The number of hydrogen-bond donors (Lipinski definition) is 0. The largest absolute Gasteiger partial charge is 0.469 e. The summed E-state index contributed by atoms with van der Waals surface area (Å²) in [4.78, 5) is 13.3. The van der Waals surface area contributed by atoms with Gasteiger partial charge in [-0.15, -0.1) is 0 Å². The summed E-state index contributed by atoms with van der Waals surface area (Å²) in [5.41, 5.74) is 0. The zero-order valence-electron chi connectivity index (χ0n) is 16.8. The number of rotatable bonds is 10. The first kappa shape index (κ1) is 21.6. The number of hydrogen-bond acceptors (Lipinski definition) is 4. The standard InChI is InChI=1S/C21H38FNO3/c1-23(14-12-21(24)25-2)13-3-15-26-20-10-6-18(7-11-20)16-17-4-8-19(22)9-5-17/h17-20H,3-16H2,1-2H3. The Morgan fingerprint density at radius 2 is 1.62 bits per heavy atom. The highest BCUT2D eigenvalue weighted by Crippen LogP contribution is 2.36. The number of nitrogens with zero attached hydrogens (tertiary/aromatic N) is 1. The third kappa shape index (κ3) is 8.34. The molecular formula is C21H38FNO3. The predicted octanol–water partition coefficient (Wildman–Crippen LogP) is 4.37. The van der Waals surface area contributed by atoms with E-state index in [1.807, 2.05) is 7.05 Å². The molecule has 152 valence electrons. The van der Waals surface area contributed by atoms with Crippen molar-refractivity contribution < 1.29 is 18.7 Å². The van der Waals surface area contributed by atoms with Crippen molar-refractivity contribution >= 4 is 5.97 Å². The third-order valence-electron chi connectivity index (χ3n) is 6.20. The van der Waals surface area contributed by atoms with Crippen LogP contribution in [-0.2, 0) is 14.3 Å². The minimum Gasteiger partial charge on any atom is -0.469 e. The van der Waals surface area contributed by atoms with Crippen molar-refractivity contribution in [3.63, 3.8) is 0 Å². The molecule has 4 nitrogen and oxygen atoms in total. The van der Waals surface area contributed by atoms with Crippen LogP contribution in [0.4, 0.5) is 4.39 Å². The van der Waals surface area contributed by atoms with Gasteiger partial charge in [0.1, 0.15) is 6.17 Å². The molecule has 0 amide bonds. The number of ether oxygens (including phenoxy) is 2. The fourth-order valence-corrected chi connectivity index (χ4v) is 4.44. The Hall–Kier alpha value is -0.680. The molecule has 2 fully saturated rings. The van der Waals surface area contributed by atoms with E-state index in [1.54, 1.807) is 0 Å². The lowest BCUT2D eigenvalue weighted by Crippen LogP contribution is -2.27. The first-order valence-corrected chi connectivity index (χ1v) is 10.6. The van der Waals surface area contributed by atoms with Gasteiger partial charge >= 0.3 is 5.97 Å². The van der Waals surface area contributed by atoms with E-state index < -0.39 is 6.17 Å². The van der Waals surface area contributed by atoms with E-state index in [4.69, 9.17) is 4.74 Å². The van der Waals surface area contributed by atoms with Gasteiger partial charge in [-0.05, 0) is 83.1 Å². The van der Waals surface area contributed by atoms with Crippen LogP contribution in [-0.4, -0.2) is 57.0 Å². The second-order valence-electron chi connectivity index (χ2n) is 8.35. The average molecular weight is 372 g/mol. The Bertz CT molecular complexity index is 391. The average Bonchev–Trinajstić information content (AvgIpc) is 2.66. The van der Waals surface area contributed by atoms with Gasteiger partial charge in [0.05, 0.1) is 19.6 Å². The number of carbonyl (C=O) groups excluding carboxylic acids is 1. The third-order valence-corrected chi connectivity index (χ3v) is 6.20. The molecule has 2 aliphatic rings. The smallest absolute Gasteiger partial charge is 0.306 e. The van der Waals surface area contributed by atoms with E-state index >= 15 is 0 Å². The molecule has 2 saturated carbocycles. The van der Waals surface area contributed by atoms with Gasteiger partial charge < -0.3 is 14.4 Å². The molecule has 0 saturated heterocycles. The fraction of sp³-hybridized carbons (Fsp3) is 0.952. The molecule has 0 heterocycles. The van der Waals surface area contributed by atoms with Gasteiger partial charge in [0, 0.05) is 19.7 Å². The van der Waals surface area contributed by atoms with E-state index in [-0.39, 0.29) is 5.97 Å². The van der Waals surface area contributed by atoms with Crippen LogP contribution >= 0.6 is 0 Å². The van der Waals surface area contributed by atoms with Crippen LogP contribution in [0.3, 0.4) is 0 Å². The second kappa shape index (κ2) is 11.9. The van der Waals surface area contributed by atoms with Gasteiger partial charge in [0.25, 0.3) is 0 Å². The van der Waals surface area contributed by atoms with Crippen LogP contribution in [0.25, 0.3) is 0 Å². The molecule has 0 atom stereocenters. The van der Waals surface area contributed by atoms with Gasteiger partial charge in [-0.25, -0.2) is 4.39 Å². The Labute approximate surface area is 158 Å². The molecule has 0 aromatic rings.